The van der Waals surface area contributed by atoms with Crippen molar-refractivity contribution in [1.82, 2.24) is 4.98 Å². The fourth-order valence-corrected chi connectivity index (χ4v) is 3.76. The van der Waals surface area contributed by atoms with Crippen LogP contribution in [0.1, 0.15) is 16.8 Å². The highest BCUT2D eigenvalue weighted by Gasteiger charge is 2.40. The second-order valence-corrected chi connectivity index (χ2v) is 7.13. The monoisotopic (exact) mass is 395 g/mol. The summed E-state index contributed by atoms with van der Waals surface area (Å²) >= 11 is 12.7. The Hall–Kier alpha value is -2.09. The summed E-state index contributed by atoms with van der Waals surface area (Å²) in [6.45, 7) is 0. The number of hydrogen-bond donors (Lipinski definition) is 0. The number of carbonyl (C=O) groups excluding carboxylic acids is 3. The number of aromatic carboxylic acids is 1. The number of carboxylic acids is 1. The third-order valence-electron chi connectivity index (χ3n) is 3.51. The number of amides is 2. The fraction of sp³-hybridized carbons (Fsp3) is 0.125. The van der Waals surface area contributed by atoms with E-state index in [2.05, 4.69) is 4.98 Å². The molecule has 3 rings (SSSR count). The molecule has 0 unspecified atom stereocenters. The van der Waals surface area contributed by atoms with Crippen LogP contribution < -0.4 is 10.0 Å². The number of aromatic nitrogens is 1. The second kappa shape index (κ2) is 7.03. The number of carbonyl (C=O) groups is 3. The van der Waals surface area contributed by atoms with Crippen LogP contribution >= 0.6 is 35.0 Å². The number of anilines is 1. The number of nitrogens with zero attached hydrogens (tertiary/aromatic N) is 2. The van der Waals surface area contributed by atoms with E-state index in [1.165, 1.54) is 36.5 Å². The van der Waals surface area contributed by atoms with E-state index in [-0.39, 0.29) is 22.0 Å². The van der Waals surface area contributed by atoms with Gasteiger partial charge in [0.05, 0.1) is 27.0 Å². The van der Waals surface area contributed by atoms with Crippen molar-refractivity contribution in [1.29, 1.82) is 0 Å². The molecule has 0 N–H and O–H groups in total. The third kappa shape index (κ3) is 3.49. The third-order valence-corrected chi connectivity index (χ3v) is 5.45. The average Bonchev–Trinajstić information content (AvgIpc) is 2.84. The summed E-state index contributed by atoms with van der Waals surface area (Å²) in [5.41, 5.74) is 0.189. The lowest BCUT2D eigenvalue weighted by Crippen LogP contribution is -2.31. The predicted octanol–water partition coefficient (Wildman–Crippen LogP) is 2.18. The zero-order chi connectivity index (χ0) is 18.1. The van der Waals surface area contributed by atoms with Crippen molar-refractivity contribution in [3.05, 3.63) is 52.1 Å². The van der Waals surface area contributed by atoms with E-state index in [1.807, 2.05) is 0 Å². The van der Waals surface area contributed by atoms with Gasteiger partial charge in [0.25, 0.3) is 0 Å². The maximum absolute atomic E-state index is 12.6. The number of benzene rings is 1. The van der Waals surface area contributed by atoms with Crippen LogP contribution in [0.15, 0.2) is 41.6 Å². The van der Waals surface area contributed by atoms with Crippen LogP contribution in [0.3, 0.4) is 0 Å². The van der Waals surface area contributed by atoms with Crippen molar-refractivity contribution in [3.63, 3.8) is 0 Å². The summed E-state index contributed by atoms with van der Waals surface area (Å²) in [4.78, 5) is 41.0. The van der Waals surface area contributed by atoms with Crippen LogP contribution in [0.25, 0.3) is 0 Å². The Balaban J connectivity index is 1.87. The number of pyridine rings is 1. The van der Waals surface area contributed by atoms with Gasteiger partial charge >= 0.3 is 0 Å². The summed E-state index contributed by atoms with van der Waals surface area (Å²) in [5, 5.41) is 11.0. The first-order valence-corrected chi connectivity index (χ1v) is 8.67. The topological polar surface area (TPSA) is 90.4 Å². The largest absolute Gasteiger partial charge is 0.545 e. The van der Waals surface area contributed by atoms with Gasteiger partial charge in [-0.2, -0.15) is 0 Å². The lowest BCUT2D eigenvalue weighted by molar-refractivity contribution is -0.255. The average molecular weight is 396 g/mol. The maximum atomic E-state index is 12.6. The molecule has 0 saturated carbocycles. The van der Waals surface area contributed by atoms with E-state index in [0.29, 0.717) is 10.7 Å². The second-order valence-electron chi connectivity index (χ2n) is 5.12. The first kappa shape index (κ1) is 17.7. The number of hydrogen-bond acceptors (Lipinski definition) is 6. The van der Waals surface area contributed by atoms with Gasteiger partial charge in [0, 0.05) is 18.2 Å². The molecular weight excluding hydrogens is 387 g/mol. The quantitative estimate of drug-likeness (QED) is 0.736. The molecular formula is C16H9Cl2N2O4S-. The molecule has 0 radical (unpaired) electrons. The summed E-state index contributed by atoms with van der Waals surface area (Å²) < 4.78 is 0. The smallest absolute Gasteiger partial charge is 0.247 e. The van der Waals surface area contributed by atoms with Gasteiger partial charge in [-0.3, -0.25) is 9.59 Å². The fourth-order valence-electron chi connectivity index (χ4n) is 2.37. The van der Waals surface area contributed by atoms with Gasteiger partial charge in [0.15, 0.2) is 0 Å². The summed E-state index contributed by atoms with van der Waals surface area (Å²) in [6.07, 6.45) is 1.33. The number of thioether (sulfide) groups is 1. The molecule has 0 bridgehead atoms. The van der Waals surface area contributed by atoms with Crippen LogP contribution in [-0.2, 0) is 9.59 Å². The number of rotatable bonds is 4. The van der Waals surface area contributed by atoms with Crippen LogP contribution in [0.4, 0.5) is 5.69 Å². The van der Waals surface area contributed by atoms with Gasteiger partial charge in [-0.05, 0) is 30.3 Å². The molecule has 25 heavy (non-hydrogen) atoms. The lowest BCUT2D eigenvalue weighted by Gasteiger charge is -2.16. The first-order valence-electron chi connectivity index (χ1n) is 7.03. The molecule has 128 valence electrons. The highest BCUT2D eigenvalue weighted by molar-refractivity contribution is 8.00. The predicted molar refractivity (Wildman–Crippen MR) is 91.8 cm³/mol. The van der Waals surface area contributed by atoms with Crippen LogP contribution in [0.5, 0.6) is 0 Å². The van der Waals surface area contributed by atoms with E-state index >= 15 is 0 Å². The van der Waals surface area contributed by atoms with Crippen LogP contribution in [-0.4, -0.2) is 28.0 Å². The molecule has 2 amide bonds. The van der Waals surface area contributed by atoms with Crippen molar-refractivity contribution in [3.8, 4) is 0 Å². The Bertz CT molecular complexity index is 890. The Labute approximate surface area is 156 Å². The van der Waals surface area contributed by atoms with E-state index < -0.39 is 23.0 Å². The van der Waals surface area contributed by atoms with Crippen molar-refractivity contribution in [2.75, 3.05) is 4.90 Å². The van der Waals surface area contributed by atoms with Gasteiger partial charge in [-0.15, -0.1) is 0 Å². The standard InChI is InChI=1S/C16H10Cl2N2O4S/c17-10-4-3-8(6-11(10)18)20-13(21)7-12(15(20)22)25-14-9(16(23)24)2-1-5-19-14/h1-6,12H,7H2,(H,23,24)/p-1/t12-/m0/s1. The first-order chi connectivity index (χ1) is 11.9. The van der Waals surface area contributed by atoms with E-state index in [9.17, 15) is 19.5 Å². The minimum atomic E-state index is -1.39. The minimum Gasteiger partial charge on any atom is -0.545 e. The van der Waals surface area contributed by atoms with E-state index in [4.69, 9.17) is 23.2 Å². The zero-order valence-electron chi connectivity index (χ0n) is 12.4. The zero-order valence-corrected chi connectivity index (χ0v) is 14.8. The molecule has 0 spiro atoms. The molecule has 0 aliphatic carbocycles. The highest BCUT2D eigenvalue weighted by atomic mass is 35.5. The van der Waals surface area contributed by atoms with Gasteiger partial charge < -0.3 is 9.90 Å². The van der Waals surface area contributed by atoms with Gasteiger partial charge in [-0.25, -0.2) is 9.88 Å². The van der Waals surface area contributed by atoms with Gasteiger partial charge in [0.1, 0.15) is 5.03 Å². The van der Waals surface area contributed by atoms with Crippen molar-refractivity contribution in [2.24, 2.45) is 0 Å². The minimum absolute atomic E-state index is 0.0766. The molecule has 1 fully saturated rings. The van der Waals surface area contributed by atoms with Gasteiger partial charge in [-0.1, -0.05) is 35.0 Å². The Kier molecular flexibility index (Phi) is 4.99. The lowest BCUT2D eigenvalue weighted by atomic mass is 10.3. The normalized spacial score (nSPS) is 17.2. The SMILES string of the molecule is O=C([O-])c1cccnc1S[C@H]1CC(=O)N(c2ccc(Cl)c(Cl)c2)C1=O. The molecule has 1 atom stereocenters. The van der Waals surface area contributed by atoms with Gasteiger partial charge in [0.2, 0.25) is 11.8 Å². The number of halogens is 2. The van der Waals surface area contributed by atoms with Crippen molar-refractivity contribution < 1.29 is 19.5 Å². The van der Waals surface area contributed by atoms with Crippen LogP contribution in [0.2, 0.25) is 10.0 Å². The van der Waals surface area contributed by atoms with Crippen molar-refractivity contribution in [2.45, 2.75) is 16.7 Å². The Morgan fingerprint density at radius 3 is 2.68 bits per heavy atom. The Morgan fingerprint density at radius 2 is 2.00 bits per heavy atom. The molecule has 1 aromatic heterocycles. The highest BCUT2D eigenvalue weighted by Crippen LogP contribution is 2.36. The maximum Gasteiger partial charge on any atom is 0.247 e. The van der Waals surface area contributed by atoms with E-state index in [1.54, 1.807) is 0 Å². The summed E-state index contributed by atoms with van der Waals surface area (Å²) in [5.74, 6) is -2.27. The molecule has 9 heteroatoms. The molecule has 2 heterocycles. The number of imide groups is 1. The molecule has 6 nitrogen and oxygen atoms in total. The van der Waals surface area contributed by atoms with E-state index in [0.717, 1.165) is 16.7 Å². The summed E-state index contributed by atoms with van der Waals surface area (Å²) in [6, 6.07) is 7.24. The Morgan fingerprint density at radius 1 is 1.24 bits per heavy atom. The summed E-state index contributed by atoms with van der Waals surface area (Å²) in [7, 11) is 0. The molecule has 1 saturated heterocycles. The molecule has 1 aromatic carbocycles. The van der Waals surface area contributed by atoms with Crippen LogP contribution in [0, 0.1) is 0 Å². The van der Waals surface area contributed by atoms with Crippen molar-refractivity contribution >= 4 is 58.4 Å². The number of carboxylic acid groups (broad SMARTS) is 1. The molecule has 1 aliphatic heterocycles. The molecule has 2 aromatic rings. The molecule has 1 aliphatic rings.